The summed E-state index contributed by atoms with van der Waals surface area (Å²) >= 11 is 12.5. The van der Waals surface area contributed by atoms with Crippen molar-refractivity contribution in [3.63, 3.8) is 0 Å². The molecule has 118 valence electrons. The summed E-state index contributed by atoms with van der Waals surface area (Å²) in [5.74, 6) is -1.22. The first kappa shape index (κ1) is 15.4. The van der Waals surface area contributed by atoms with E-state index in [1.165, 1.54) is 25.5 Å². The van der Waals surface area contributed by atoms with Crippen molar-refractivity contribution >= 4 is 40.1 Å². The lowest BCUT2D eigenvalue weighted by Gasteiger charge is -2.22. The van der Waals surface area contributed by atoms with Crippen LogP contribution in [0.15, 0.2) is 6.20 Å². The average Bonchev–Trinajstić information content (AvgIpc) is 2.74. The number of hydrogen-bond donors (Lipinski definition) is 2. The van der Waals surface area contributed by atoms with Crippen molar-refractivity contribution in [1.82, 2.24) is 9.55 Å². The molecule has 0 bridgehead atoms. The molecular weight excluding hydrogens is 327 g/mol. The molecule has 1 fully saturated rings. The van der Waals surface area contributed by atoms with Gasteiger partial charge in [0.25, 0.3) is 0 Å². The van der Waals surface area contributed by atoms with E-state index in [1.54, 1.807) is 0 Å². The lowest BCUT2D eigenvalue weighted by molar-refractivity contribution is 0.0687. The van der Waals surface area contributed by atoms with Crippen LogP contribution in [-0.2, 0) is 6.54 Å². The van der Waals surface area contributed by atoms with Gasteiger partial charge in [-0.3, -0.25) is 0 Å². The van der Waals surface area contributed by atoms with E-state index in [-0.39, 0.29) is 10.4 Å². The van der Waals surface area contributed by atoms with Gasteiger partial charge in [-0.15, -0.1) is 0 Å². The fourth-order valence-corrected chi connectivity index (χ4v) is 3.75. The Kier molecular flexibility index (Phi) is 4.19. The topological polar surface area (TPSA) is 75.3 Å². The Labute approximate surface area is 137 Å². The number of aromatic nitrogens is 2. The molecule has 0 atom stereocenters. The van der Waals surface area contributed by atoms with Gasteiger partial charge < -0.3 is 14.8 Å². The highest BCUT2D eigenvalue weighted by Gasteiger charge is 2.24. The molecule has 0 unspecified atom stereocenters. The summed E-state index contributed by atoms with van der Waals surface area (Å²) in [5, 5.41) is 19.9. The molecule has 3 rings (SSSR count). The third-order valence-corrected chi connectivity index (χ3v) is 5.19. The van der Waals surface area contributed by atoms with E-state index in [1.807, 2.05) is 4.57 Å². The predicted molar refractivity (Wildman–Crippen MR) is 85.0 cm³/mol. The number of halogens is 2. The zero-order chi connectivity index (χ0) is 15.9. The molecule has 0 aliphatic heterocycles. The van der Waals surface area contributed by atoms with Crippen molar-refractivity contribution in [3.8, 4) is 5.75 Å². The predicted octanol–water partition coefficient (Wildman–Crippen LogP) is 4.33. The van der Waals surface area contributed by atoms with E-state index in [0.717, 1.165) is 12.8 Å². The number of carbonyl (C=O) groups is 1. The van der Waals surface area contributed by atoms with Crippen LogP contribution >= 0.6 is 23.2 Å². The third kappa shape index (κ3) is 2.52. The Morgan fingerprint density at radius 1 is 1.32 bits per heavy atom. The molecule has 0 amide bonds. The highest BCUT2D eigenvalue weighted by Crippen LogP contribution is 2.41. The van der Waals surface area contributed by atoms with Crippen LogP contribution in [0.4, 0.5) is 0 Å². The molecule has 7 heteroatoms. The molecule has 5 nitrogen and oxygen atoms in total. The second kappa shape index (κ2) is 5.97. The summed E-state index contributed by atoms with van der Waals surface area (Å²) in [7, 11) is 0. The summed E-state index contributed by atoms with van der Waals surface area (Å²) in [6.07, 6.45) is 7.38. The fraction of sp³-hybridized carbons (Fsp3) is 0.467. The first-order valence-electron chi connectivity index (χ1n) is 7.29. The number of carboxylic acid groups (broad SMARTS) is 1. The summed E-state index contributed by atoms with van der Waals surface area (Å²) in [5.41, 5.74) is 0.156. The quantitative estimate of drug-likeness (QED) is 0.870. The molecule has 2 aromatic rings. The van der Waals surface area contributed by atoms with Crippen molar-refractivity contribution < 1.29 is 15.0 Å². The Hall–Kier alpha value is -1.46. The second-order valence-corrected chi connectivity index (χ2v) is 6.48. The molecule has 1 saturated carbocycles. The number of fused-ring (bicyclic) bond motifs is 1. The second-order valence-electron chi connectivity index (χ2n) is 5.74. The highest BCUT2D eigenvalue weighted by atomic mass is 35.5. The van der Waals surface area contributed by atoms with E-state index in [4.69, 9.17) is 28.3 Å². The van der Waals surface area contributed by atoms with Gasteiger partial charge in [-0.25, -0.2) is 9.78 Å². The van der Waals surface area contributed by atoms with Gasteiger partial charge in [-0.1, -0.05) is 42.5 Å². The lowest BCUT2D eigenvalue weighted by atomic mass is 9.89. The molecule has 2 aromatic heterocycles. The standard InChI is InChI=1S/C15H16Cl2N2O3/c16-11-10-9(6-18-12(13(10)20)15(21)22)19(14(11)17)7-8-4-2-1-3-5-8/h6,8,20H,1-5,7H2,(H,21,22). The van der Waals surface area contributed by atoms with Crippen LogP contribution < -0.4 is 0 Å². The average molecular weight is 343 g/mol. The van der Waals surface area contributed by atoms with Gasteiger partial charge in [-0.05, 0) is 18.8 Å². The number of carboxylic acids is 1. The molecular formula is C15H16Cl2N2O3. The van der Waals surface area contributed by atoms with Crippen LogP contribution in [0.3, 0.4) is 0 Å². The fourth-order valence-electron chi connectivity index (χ4n) is 3.20. The number of aromatic carboxylic acids is 1. The van der Waals surface area contributed by atoms with Gasteiger partial charge in [0.05, 0.1) is 22.1 Å². The minimum absolute atomic E-state index is 0.176. The molecule has 0 saturated heterocycles. The zero-order valence-electron chi connectivity index (χ0n) is 11.9. The van der Waals surface area contributed by atoms with Crippen molar-refractivity contribution in [1.29, 1.82) is 0 Å². The van der Waals surface area contributed by atoms with Gasteiger partial charge in [0.15, 0.2) is 11.4 Å². The molecule has 1 aliphatic rings. The normalized spacial score (nSPS) is 16.3. The van der Waals surface area contributed by atoms with E-state index in [2.05, 4.69) is 4.98 Å². The molecule has 2 N–H and O–H groups in total. The molecule has 0 spiro atoms. The van der Waals surface area contributed by atoms with Crippen LogP contribution in [0.1, 0.15) is 42.6 Å². The van der Waals surface area contributed by atoms with Gasteiger partial charge in [0.2, 0.25) is 0 Å². The van der Waals surface area contributed by atoms with Crippen molar-refractivity contribution in [2.75, 3.05) is 0 Å². The smallest absolute Gasteiger partial charge is 0.358 e. The Balaban J connectivity index is 2.09. The highest BCUT2D eigenvalue weighted by molar-refractivity contribution is 6.45. The van der Waals surface area contributed by atoms with Crippen LogP contribution in [0, 0.1) is 5.92 Å². The first-order valence-corrected chi connectivity index (χ1v) is 8.04. The molecule has 2 heterocycles. The van der Waals surface area contributed by atoms with Crippen LogP contribution in [0.25, 0.3) is 10.9 Å². The first-order chi connectivity index (χ1) is 10.5. The third-order valence-electron chi connectivity index (χ3n) is 4.33. The molecule has 0 aromatic carbocycles. The molecule has 1 aliphatic carbocycles. The van der Waals surface area contributed by atoms with Crippen LogP contribution in [-0.4, -0.2) is 25.7 Å². The maximum absolute atomic E-state index is 11.1. The Morgan fingerprint density at radius 2 is 2.00 bits per heavy atom. The maximum atomic E-state index is 11.1. The van der Waals surface area contributed by atoms with Gasteiger partial charge in [0.1, 0.15) is 5.15 Å². The monoisotopic (exact) mass is 342 g/mol. The summed E-state index contributed by atoms with van der Waals surface area (Å²) in [4.78, 5) is 14.9. The van der Waals surface area contributed by atoms with Crippen molar-refractivity contribution in [2.24, 2.45) is 5.92 Å². The molecule has 0 radical (unpaired) electrons. The summed E-state index contributed by atoms with van der Waals surface area (Å²) in [6.45, 7) is 0.704. The SMILES string of the molecule is O=C(O)c1ncc2c(c1O)c(Cl)c(Cl)n2CC1CCCCC1. The van der Waals surface area contributed by atoms with Gasteiger partial charge in [-0.2, -0.15) is 0 Å². The maximum Gasteiger partial charge on any atom is 0.358 e. The minimum Gasteiger partial charge on any atom is -0.505 e. The van der Waals surface area contributed by atoms with Crippen molar-refractivity contribution in [3.05, 3.63) is 22.1 Å². The minimum atomic E-state index is -1.30. The van der Waals surface area contributed by atoms with E-state index < -0.39 is 17.4 Å². The van der Waals surface area contributed by atoms with Crippen LogP contribution in [0.5, 0.6) is 5.75 Å². The molecule has 22 heavy (non-hydrogen) atoms. The van der Waals surface area contributed by atoms with Crippen LogP contribution in [0.2, 0.25) is 10.2 Å². The lowest BCUT2D eigenvalue weighted by Crippen LogP contribution is -2.14. The van der Waals surface area contributed by atoms with Gasteiger partial charge >= 0.3 is 5.97 Å². The summed E-state index contributed by atoms with van der Waals surface area (Å²) < 4.78 is 1.83. The van der Waals surface area contributed by atoms with E-state index >= 15 is 0 Å². The Bertz CT molecular complexity index is 736. The van der Waals surface area contributed by atoms with Gasteiger partial charge in [0, 0.05) is 6.54 Å². The summed E-state index contributed by atoms with van der Waals surface area (Å²) in [6, 6.07) is 0. The number of rotatable bonds is 3. The van der Waals surface area contributed by atoms with E-state index in [9.17, 15) is 9.90 Å². The number of hydrogen-bond acceptors (Lipinski definition) is 3. The Morgan fingerprint density at radius 3 is 2.64 bits per heavy atom. The zero-order valence-corrected chi connectivity index (χ0v) is 13.4. The largest absolute Gasteiger partial charge is 0.505 e. The van der Waals surface area contributed by atoms with Crippen molar-refractivity contribution in [2.45, 2.75) is 38.6 Å². The van der Waals surface area contributed by atoms with E-state index in [0.29, 0.717) is 23.1 Å². The number of pyridine rings is 1. The number of aromatic hydroxyl groups is 1. The number of nitrogens with zero attached hydrogens (tertiary/aromatic N) is 2.